The fourth-order valence-corrected chi connectivity index (χ4v) is 2.65. The molecule has 3 rings (SSSR count). The van der Waals surface area contributed by atoms with E-state index in [1.807, 2.05) is 30.3 Å². The van der Waals surface area contributed by atoms with Crippen molar-refractivity contribution in [1.82, 2.24) is 10.3 Å². The van der Waals surface area contributed by atoms with E-state index in [-0.39, 0.29) is 5.92 Å². The molecular weight excluding hydrogens is 293 g/mol. The summed E-state index contributed by atoms with van der Waals surface area (Å²) in [5, 5.41) is 3.22. The first-order valence-electron chi connectivity index (χ1n) is 7.09. The number of rotatable bonds is 4. The highest BCUT2D eigenvalue weighted by atomic mass is 19.2. The summed E-state index contributed by atoms with van der Waals surface area (Å²) in [6.07, 6.45) is 0.383. The van der Waals surface area contributed by atoms with E-state index < -0.39 is 29.6 Å². The Morgan fingerprint density at radius 3 is 2.59 bits per heavy atom. The van der Waals surface area contributed by atoms with Gasteiger partial charge in [0.2, 0.25) is 0 Å². The summed E-state index contributed by atoms with van der Waals surface area (Å²) in [5.41, 5.74) is 0.849. The van der Waals surface area contributed by atoms with Crippen molar-refractivity contribution in [3.05, 3.63) is 59.5 Å². The lowest BCUT2D eigenvalue weighted by Crippen LogP contribution is -2.22. The zero-order chi connectivity index (χ0) is 15.5. The van der Waals surface area contributed by atoms with Crippen LogP contribution in [0.15, 0.2) is 36.4 Å². The molecule has 116 valence electrons. The molecule has 2 atom stereocenters. The zero-order valence-corrected chi connectivity index (χ0v) is 11.7. The molecule has 1 saturated heterocycles. The summed E-state index contributed by atoms with van der Waals surface area (Å²) in [5.74, 6) is -4.11. The SMILES string of the molecule is Fc1cc(F)c(OC(c2ccccc2)C2CCNC2)nc1F. The van der Waals surface area contributed by atoms with Gasteiger partial charge in [-0.05, 0) is 18.5 Å². The van der Waals surface area contributed by atoms with Crippen LogP contribution < -0.4 is 10.1 Å². The maximum atomic E-state index is 13.8. The number of pyridine rings is 1. The van der Waals surface area contributed by atoms with Gasteiger partial charge in [-0.15, -0.1) is 0 Å². The first-order chi connectivity index (χ1) is 10.6. The lowest BCUT2D eigenvalue weighted by molar-refractivity contribution is 0.129. The molecule has 0 radical (unpaired) electrons. The molecule has 2 unspecified atom stereocenters. The number of ether oxygens (including phenoxy) is 1. The summed E-state index contributed by atoms with van der Waals surface area (Å²) in [4.78, 5) is 3.25. The van der Waals surface area contributed by atoms with Crippen LogP contribution in [0.2, 0.25) is 0 Å². The minimum atomic E-state index is -1.37. The Kier molecular flexibility index (Phi) is 4.29. The van der Waals surface area contributed by atoms with E-state index in [0.717, 1.165) is 18.5 Å². The van der Waals surface area contributed by atoms with Gasteiger partial charge in [0.25, 0.3) is 11.8 Å². The largest absolute Gasteiger partial charge is 0.467 e. The second-order valence-corrected chi connectivity index (χ2v) is 5.25. The van der Waals surface area contributed by atoms with E-state index in [0.29, 0.717) is 12.6 Å². The van der Waals surface area contributed by atoms with Crippen LogP contribution in [0.5, 0.6) is 5.88 Å². The Morgan fingerprint density at radius 2 is 1.91 bits per heavy atom. The molecule has 0 spiro atoms. The number of hydrogen-bond donors (Lipinski definition) is 1. The first kappa shape index (κ1) is 14.8. The number of halogens is 3. The van der Waals surface area contributed by atoms with Crippen LogP contribution in [0.25, 0.3) is 0 Å². The number of aromatic nitrogens is 1. The van der Waals surface area contributed by atoms with Gasteiger partial charge in [-0.2, -0.15) is 9.37 Å². The van der Waals surface area contributed by atoms with Crippen LogP contribution in [0.1, 0.15) is 18.1 Å². The standard InChI is InChI=1S/C16H15F3N2O/c17-12-8-13(18)16(21-15(12)19)22-14(11-6-7-20-9-11)10-4-2-1-3-5-10/h1-5,8,11,14,20H,6-7,9H2. The predicted octanol–water partition coefficient (Wildman–Crippen LogP) is 3.23. The van der Waals surface area contributed by atoms with Crippen LogP contribution in [0, 0.1) is 23.5 Å². The van der Waals surface area contributed by atoms with E-state index in [2.05, 4.69) is 10.3 Å². The van der Waals surface area contributed by atoms with Gasteiger partial charge in [0.05, 0.1) is 0 Å². The molecule has 6 heteroatoms. The molecule has 1 aliphatic heterocycles. The lowest BCUT2D eigenvalue weighted by atomic mass is 9.95. The van der Waals surface area contributed by atoms with E-state index in [9.17, 15) is 13.2 Å². The summed E-state index contributed by atoms with van der Waals surface area (Å²) >= 11 is 0. The number of nitrogens with one attached hydrogen (secondary N) is 1. The third kappa shape index (κ3) is 3.06. The average molecular weight is 308 g/mol. The molecule has 1 aromatic heterocycles. The summed E-state index contributed by atoms with van der Waals surface area (Å²) in [6.45, 7) is 1.55. The van der Waals surface area contributed by atoms with Gasteiger partial charge in [0.1, 0.15) is 6.10 Å². The van der Waals surface area contributed by atoms with Crippen molar-refractivity contribution in [3.8, 4) is 5.88 Å². The van der Waals surface area contributed by atoms with Crippen LogP contribution in [0.3, 0.4) is 0 Å². The minimum absolute atomic E-state index is 0.108. The third-order valence-corrected chi connectivity index (χ3v) is 3.75. The Balaban J connectivity index is 1.92. The Morgan fingerprint density at radius 1 is 1.14 bits per heavy atom. The molecule has 2 heterocycles. The molecule has 0 bridgehead atoms. The molecule has 1 fully saturated rings. The fourth-order valence-electron chi connectivity index (χ4n) is 2.65. The lowest BCUT2D eigenvalue weighted by Gasteiger charge is -2.24. The van der Waals surface area contributed by atoms with Crippen molar-refractivity contribution in [2.24, 2.45) is 5.92 Å². The molecule has 0 aliphatic carbocycles. The molecule has 0 amide bonds. The van der Waals surface area contributed by atoms with Gasteiger partial charge in [-0.25, -0.2) is 8.78 Å². The summed E-state index contributed by atoms with van der Waals surface area (Å²) in [6, 6.07) is 9.74. The van der Waals surface area contributed by atoms with Crippen LogP contribution in [-0.2, 0) is 0 Å². The summed E-state index contributed by atoms with van der Waals surface area (Å²) < 4.78 is 45.6. The van der Waals surface area contributed by atoms with Crippen molar-refractivity contribution in [1.29, 1.82) is 0 Å². The zero-order valence-electron chi connectivity index (χ0n) is 11.7. The molecule has 1 N–H and O–H groups in total. The average Bonchev–Trinajstić information content (AvgIpc) is 3.04. The normalized spacial score (nSPS) is 19.1. The number of benzene rings is 1. The predicted molar refractivity (Wildman–Crippen MR) is 74.9 cm³/mol. The second-order valence-electron chi connectivity index (χ2n) is 5.25. The molecule has 1 aliphatic rings. The molecule has 2 aromatic rings. The van der Waals surface area contributed by atoms with Crippen molar-refractivity contribution >= 4 is 0 Å². The van der Waals surface area contributed by atoms with Crippen molar-refractivity contribution in [2.75, 3.05) is 13.1 Å². The highest BCUT2D eigenvalue weighted by Crippen LogP contribution is 2.32. The molecule has 1 aromatic carbocycles. The number of nitrogens with zero attached hydrogens (tertiary/aromatic N) is 1. The van der Waals surface area contributed by atoms with Crippen molar-refractivity contribution < 1.29 is 17.9 Å². The smallest absolute Gasteiger partial charge is 0.253 e. The van der Waals surface area contributed by atoms with Crippen LogP contribution >= 0.6 is 0 Å². The van der Waals surface area contributed by atoms with Gasteiger partial charge < -0.3 is 10.1 Å². The van der Waals surface area contributed by atoms with Crippen molar-refractivity contribution in [3.63, 3.8) is 0 Å². The van der Waals surface area contributed by atoms with Crippen molar-refractivity contribution in [2.45, 2.75) is 12.5 Å². The van der Waals surface area contributed by atoms with Crippen LogP contribution in [0.4, 0.5) is 13.2 Å². The number of hydrogen-bond acceptors (Lipinski definition) is 3. The van der Waals surface area contributed by atoms with E-state index in [1.54, 1.807) is 0 Å². The maximum absolute atomic E-state index is 13.8. The van der Waals surface area contributed by atoms with Gasteiger partial charge in [0.15, 0.2) is 11.6 Å². The highest BCUT2D eigenvalue weighted by Gasteiger charge is 2.29. The monoisotopic (exact) mass is 308 g/mol. The molecule has 0 saturated carbocycles. The minimum Gasteiger partial charge on any atom is -0.467 e. The molecular formula is C16H15F3N2O. The maximum Gasteiger partial charge on any atom is 0.253 e. The molecule has 22 heavy (non-hydrogen) atoms. The summed E-state index contributed by atoms with van der Waals surface area (Å²) in [7, 11) is 0. The van der Waals surface area contributed by atoms with E-state index >= 15 is 0 Å². The van der Waals surface area contributed by atoms with Gasteiger partial charge in [-0.1, -0.05) is 30.3 Å². The third-order valence-electron chi connectivity index (χ3n) is 3.75. The molecule has 3 nitrogen and oxygen atoms in total. The van der Waals surface area contributed by atoms with E-state index in [4.69, 9.17) is 4.74 Å². The van der Waals surface area contributed by atoms with Crippen LogP contribution in [-0.4, -0.2) is 18.1 Å². The topological polar surface area (TPSA) is 34.1 Å². The quantitative estimate of drug-likeness (QED) is 0.881. The Bertz CT molecular complexity index is 645. The van der Waals surface area contributed by atoms with Gasteiger partial charge >= 0.3 is 0 Å². The Hall–Kier alpha value is -2.08. The first-order valence-corrected chi connectivity index (χ1v) is 7.09. The van der Waals surface area contributed by atoms with Gasteiger partial charge in [-0.3, -0.25) is 0 Å². The second kappa shape index (κ2) is 6.36. The van der Waals surface area contributed by atoms with E-state index in [1.165, 1.54) is 0 Å². The fraction of sp³-hybridized carbons (Fsp3) is 0.312. The van der Waals surface area contributed by atoms with Gasteiger partial charge in [0, 0.05) is 18.5 Å². The highest BCUT2D eigenvalue weighted by molar-refractivity contribution is 5.22. The Labute approximate surface area is 126 Å².